The van der Waals surface area contributed by atoms with Gasteiger partial charge in [0.15, 0.2) is 0 Å². The Hall–Kier alpha value is -3.36. The molecule has 0 bridgehead atoms. The number of rotatable bonds is 15. The normalized spacial score (nSPS) is 13.1. The molecule has 0 aromatic heterocycles. The molecule has 6 rings (SSSR count). The molecule has 0 aliphatic rings. The van der Waals surface area contributed by atoms with Crippen LogP contribution in [0, 0.1) is 0 Å². The molecule has 0 aliphatic carbocycles. The Labute approximate surface area is 288 Å². The van der Waals surface area contributed by atoms with Gasteiger partial charge in [0, 0.05) is 33.5 Å². The van der Waals surface area contributed by atoms with Crippen LogP contribution in [0.3, 0.4) is 0 Å². The van der Waals surface area contributed by atoms with Gasteiger partial charge < -0.3 is 9.13 Å². The van der Waals surface area contributed by atoms with E-state index in [1.54, 1.807) is 0 Å². The van der Waals surface area contributed by atoms with E-state index < -0.39 is 30.1 Å². The topological polar surface area (TPSA) is 34.1 Å². The highest BCUT2D eigenvalue weighted by atomic mass is 31.2. The third kappa shape index (κ3) is 8.43. The highest BCUT2D eigenvalue weighted by Crippen LogP contribution is 2.51. The summed E-state index contributed by atoms with van der Waals surface area (Å²) in [6.45, 7) is 0. The van der Waals surface area contributed by atoms with Crippen LogP contribution in [-0.2, 0) is 9.13 Å². The van der Waals surface area contributed by atoms with Gasteiger partial charge in [0.05, 0.1) is 0 Å². The van der Waals surface area contributed by atoms with E-state index in [-0.39, 0.29) is 0 Å². The molecule has 0 spiro atoms. The average molecular weight is 703 g/mol. The number of hydrogen-bond acceptors (Lipinski definition) is 2. The van der Waals surface area contributed by atoms with Crippen molar-refractivity contribution in [3.63, 3.8) is 0 Å². The molecule has 48 heavy (non-hydrogen) atoms. The maximum absolute atomic E-state index is 15.0. The van der Waals surface area contributed by atoms with Crippen LogP contribution in [0.25, 0.3) is 0 Å². The summed E-state index contributed by atoms with van der Waals surface area (Å²) in [5, 5.41) is 6.46. The van der Waals surface area contributed by atoms with Crippen molar-refractivity contribution in [2.75, 3.05) is 37.0 Å². The van der Waals surface area contributed by atoms with Crippen LogP contribution in [0.2, 0.25) is 0 Å². The minimum atomic E-state index is -2.82. The van der Waals surface area contributed by atoms with Gasteiger partial charge >= 0.3 is 0 Å². The van der Waals surface area contributed by atoms with Crippen molar-refractivity contribution in [2.45, 2.75) is 0 Å². The summed E-state index contributed by atoms with van der Waals surface area (Å²) >= 11 is 0. The summed E-state index contributed by atoms with van der Waals surface area (Å²) in [4.78, 5) is 0. The van der Waals surface area contributed by atoms with Crippen molar-refractivity contribution in [3.8, 4) is 0 Å². The third-order valence-corrected chi connectivity index (χ3v) is 21.4. The second kappa shape index (κ2) is 16.8. The monoisotopic (exact) mass is 702 g/mol. The van der Waals surface area contributed by atoms with E-state index in [2.05, 4.69) is 60.7 Å². The lowest BCUT2D eigenvalue weighted by Crippen LogP contribution is -2.22. The molecule has 0 amide bonds. The number of benzene rings is 6. The summed E-state index contributed by atoms with van der Waals surface area (Å²) in [7, 11) is -6.79. The fourth-order valence-electron chi connectivity index (χ4n) is 6.27. The fraction of sp³-hybridized carbons (Fsp3) is 0.143. The minimum Gasteiger partial charge on any atom is -0.314 e. The van der Waals surface area contributed by atoms with Crippen molar-refractivity contribution in [2.24, 2.45) is 0 Å². The van der Waals surface area contributed by atoms with Crippen molar-refractivity contribution < 1.29 is 9.13 Å². The largest absolute Gasteiger partial charge is 0.314 e. The standard InChI is InChI=1S/C42H42O2P4/c43-47(39-23-11-3-12-24-39,40-25-13-4-14-26-40)35-33-45(37-19-7-1-8-20-37)31-32-46(38-21-9-2-10-22-38)34-36-48(44,41-27-15-5-16-28-41)42-29-17-6-18-30-42/h1-30H,31-36H2. The molecule has 6 aromatic rings. The molecule has 0 heterocycles. The molecule has 6 heteroatoms. The van der Waals surface area contributed by atoms with Gasteiger partial charge in [0.25, 0.3) is 0 Å². The van der Waals surface area contributed by atoms with Gasteiger partial charge in [-0.25, -0.2) is 0 Å². The molecule has 2 atom stereocenters. The molecule has 242 valence electrons. The zero-order valence-electron chi connectivity index (χ0n) is 27.2. The molecule has 6 aromatic carbocycles. The number of hydrogen-bond donors (Lipinski definition) is 0. The Morgan fingerprint density at radius 3 is 0.792 bits per heavy atom. The first-order chi connectivity index (χ1) is 23.6. The predicted molar refractivity (Wildman–Crippen MR) is 215 cm³/mol. The molecule has 0 N–H and O–H groups in total. The summed E-state index contributed by atoms with van der Waals surface area (Å²) < 4.78 is 30.0. The van der Waals surface area contributed by atoms with Crippen molar-refractivity contribution in [1.29, 1.82) is 0 Å². The van der Waals surface area contributed by atoms with E-state index in [4.69, 9.17) is 0 Å². The van der Waals surface area contributed by atoms with Gasteiger partial charge in [0.1, 0.15) is 14.3 Å². The van der Waals surface area contributed by atoms with Crippen LogP contribution in [0.4, 0.5) is 0 Å². The molecule has 2 nitrogen and oxygen atoms in total. The third-order valence-electron chi connectivity index (χ3n) is 8.95. The predicted octanol–water partition coefficient (Wildman–Crippen LogP) is 8.63. The van der Waals surface area contributed by atoms with E-state index in [1.165, 1.54) is 10.6 Å². The maximum atomic E-state index is 15.0. The summed E-state index contributed by atoms with van der Waals surface area (Å²) in [5.41, 5.74) is 0. The Morgan fingerprint density at radius 2 is 0.542 bits per heavy atom. The Bertz CT molecular complexity index is 1690. The van der Waals surface area contributed by atoms with Crippen LogP contribution in [0.5, 0.6) is 0 Å². The second-order valence-corrected chi connectivity index (χ2v) is 22.8. The summed E-state index contributed by atoms with van der Waals surface area (Å²) in [6.07, 6.45) is 5.16. The molecule has 2 unspecified atom stereocenters. The van der Waals surface area contributed by atoms with Crippen molar-refractivity contribution in [3.05, 3.63) is 182 Å². The highest BCUT2D eigenvalue weighted by Gasteiger charge is 2.30. The van der Waals surface area contributed by atoms with Crippen molar-refractivity contribution >= 4 is 62.0 Å². The Morgan fingerprint density at radius 1 is 0.312 bits per heavy atom. The summed E-state index contributed by atoms with van der Waals surface area (Å²) in [5.74, 6) is 0. The van der Waals surface area contributed by atoms with Crippen LogP contribution < -0.4 is 31.8 Å². The lowest BCUT2D eigenvalue weighted by Gasteiger charge is -2.27. The van der Waals surface area contributed by atoms with Gasteiger partial charge in [-0.2, -0.15) is 0 Å². The first kappa shape index (κ1) is 34.5. The van der Waals surface area contributed by atoms with E-state index in [0.29, 0.717) is 12.3 Å². The van der Waals surface area contributed by atoms with Crippen LogP contribution in [0.15, 0.2) is 182 Å². The van der Waals surface area contributed by atoms with E-state index in [9.17, 15) is 9.13 Å². The first-order valence-electron chi connectivity index (χ1n) is 16.6. The van der Waals surface area contributed by atoms with E-state index in [0.717, 1.165) is 45.9 Å². The molecule has 0 saturated carbocycles. The minimum absolute atomic E-state index is 0.575. The first-order valence-corrected chi connectivity index (χ1v) is 23.8. The van der Waals surface area contributed by atoms with Gasteiger partial charge in [-0.3, -0.25) is 0 Å². The lowest BCUT2D eigenvalue weighted by molar-refractivity contribution is 0.587. The Balaban J connectivity index is 1.27. The lowest BCUT2D eigenvalue weighted by atomic mass is 10.4. The fourth-order valence-corrected chi connectivity index (χ4v) is 19.3. The summed E-state index contributed by atoms with van der Waals surface area (Å²) in [6, 6.07) is 62.0. The second-order valence-electron chi connectivity index (χ2n) is 11.9. The molecule has 0 fully saturated rings. The van der Waals surface area contributed by atoms with Crippen LogP contribution >= 0.6 is 30.1 Å². The zero-order valence-corrected chi connectivity index (χ0v) is 30.7. The smallest absolute Gasteiger partial charge is 0.143 e. The average Bonchev–Trinajstić information content (AvgIpc) is 3.17. The highest BCUT2D eigenvalue weighted by molar-refractivity contribution is 7.80. The Kier molecular flexibility index (Phi) is 12.1. The zero-order chi connectivity index (χ0) is 33.1. The molecular formula is C42H42O2P4. The van der Waals surface area contributed by atoms with Crippen molar-refractivity contribution in [1.82, 2.24) is 0 Å². The van der Waals surface area contributed by atoms with Gasteiger partial charge in [-0.05, 0) is 35.3 Å². The molecular weight excluding hydrogens is 660 g/mol. The van der Waals surface area contributed by atoms with E-state index >= 15 is 0 Å². The molecule has 0 saturated heterocycles. The van der Waals surface area contributed by atoms with Crippen LogP contribution in [-0.4, -0.2) is 37.0 Å². The maximum Gasteiger partial charge on any atom is 0.143 e. The van der Waals surface area contributed by atoms with Gasteiger partial charge in [0.2, 0.25) is 0 Å². The van der Waals surface area contributed by atoms with Gasteiger partial charge in [-0.1, -0.05) is 198 Å². The SMILES string of the molecule is O=P(CCP(CCP(CCP(=O)(c1ccccc1)c1ccccc1)c1ccccc1)c1ccccc1)(c1ccccc1)c1ccccc1. The van der Waals surface area contributed by atoms with E-state index in [1.807, 2.05) is 121 Å². The molecule has 0 radical (unpaired) electrons. The molecule has 0 aliphatic heterocycles. The van der Waals surface area contributed by atoms with Crippen LogP contribution in [0.1, 0.15) is 0 Å². The van der Waals surface area contributed by atoms with Gasteiger partial charge in [-0.15, -0.1) is 0 Å². The quantitative estimate of drug-likeness (QED) is 0.101.